The van der Waals surface area contributed by atoms with Gasteiger partial charge in [0.05, 0.1) is 16.6 Å². The predicted octanol–water partition coefficient (Wildman–Crippen LogP) is 3.18. The second-order valence-corrected chi connectivity index (χ2v) is 7.31. The van der Waals surface area contributed by atoms with E-state index in [1.807, 2.05) is 26.0 Å². The number of carbonyl (C=O) groups is 3. The standard InChI is InChI=1S/C22H25BrN2O6/c1-3-11-29-22(28)16-6-8-17(9-7-16)30-13-20(26)24-25-21(27)14-31-19-10-5-15(4-2)12-18(19)23/h5-10,12H,3-4,11,13-14H2,1-2H3,(H,24,26)(H,25,27). The summed E-state index contributed by atoms with van der Waals surface area (Å²) in [5.74, 6) is -0.548. The van der Waals surface area contributed by atoms with Crippen LogP contribution >= 0.6 is 15.9 Å². The van der Waals surface area contributed by atoms with E-state index in [1.165, 1.54) is 0 Å². The average molecular weight is 493 g/mol. The van der Waals surface area contributed by atoms with Crippen LogP contribution in [-0.4, -0.2) is 37.6 Å². The zero-order valence-electron chi connectivity index (χ0n) is 17.4. The van der Waals surface area contributed by atoms with Gasteiger partial charge in [-0.05, 0) is 70.7 Å². The van der Waals surface area contributed by atoms with Crippen molar-refractivity contribution in [3.63, 3.8) is 0 Å². The van der Waals surface area contributed by atoms with Gasteiger partial charge in [0, 0.05) is 0 Å². The third kappa shape index (κ3) is 8.29. The summed E-state index contributed by atoms with van der Waals surface area (Å²) in [7, 11) is 0. The Morgan fingerprint density at radius 1 is 0.903 bits per heavy atom. The quantitative estimate of drug-likeness (QED) is 0.390. The lowest BCUT2D eigenvalue weighted by Crippen LogP contribution is -2.45. The van der Waals surface area contributed by atoms with E-state index in [0.29, 0.717) is 23.7 Å². The van der Waals surface area contributed by atoms with E-state index in [2.05, 4.69) is 26.8 Å². The number of hydrogen-bond donors (Lipinski definition) is 2. The van der Waals surface area contributed by atoms with Crippen LogP contribution in [0.4, 0.5) is 0 Å². The summed E-state index contributed by atoms with van der Waals surface area (Å²) in [6.07, 6.45) is 1.64. The highest BCUT2D eigenvalue weighted by molar-refractivity contribution is 9.10. The van der Waals surface area contributed by atoms with Crippen LogP contribution in [0, 0.1) is 0 Å². The van der Waals surface area contributed by atoms with E-state index in [4.69, 9.17) is 14.2 Å². The van der Waals surface area contributed by atoms with Crippen LogP contribution in [0.25, 0.3) is 0 Å². The minimum atomic E-state index is -0.548. The molecule has 2 N–H and O–H groups in total. The van der Waals surface area contributed by atoms with Crippen molar-refractivity contribution in [2.75, 3.05) is 19.8 Å². The number of rotatable bonds is 10. The maximum Gasteiger partial charge on any atom is 0.338 e. The zero-order chi connectivity index (χ0) is 22.6. The Hall–Kier alpha value is -3.07. The van der Waals surface area contributed by atoms with Crippen LogP contribution in [0.15, 0.2) is 46.9 Å². The van der Waals surface area contributed by atoms with Gasteiger partial charge in [-0.3, -0.25) is 20.4 Å². The first kappa shape index (κ1) is 24.2. The lowest BCUT2D eigenvalue weighted by molar-refractivity contribution is -0.131. The molecule has 0 spiro atoms. The summed E-state index contributed by atoms with van der Waals surface area (Å²) in [6, 6.07) is 11.8. The fourth-order valence-corrected chi connectivity index (χ4v) is 2.89. The van der Waals surface area contributed by atoms with E-state index < -0.39 is 17.8 Å². The van der Waals surface area contributed by atoms with Gasteiger partial charge in [0.2, 0.25) is 0 Å². The highest BCUT2D eigenvalue weighted by Crippen LogP contribution is 2.26. The maximum absolute atomic E-state index is 11.9. The SMILES string of the molecule is CCCOC(=O)c1ccc(OCC(=O)NNC(=O)COc2ccc(CC)cc2Br)cc1. The number of aryl methyl sites for hydroxylation is 1. The molecule has 0 saturated heterocycles. The van der Waals surface area contributed by atoms with Gasteiger partial charge in [-0.25, -0.2) is 4.79 Å². The molecular formula is C22H25BrN2O6. The number of halogens is 1. The molecule has 0 aromatic heterocycles. The topological polar surface area (TPSA) is 103 Å². The van der Waals surface area contributed by atoms with Crippen LogP contribution in [0.5, 0.6) is 11.5 Å². The molecule has 0 aliphatic carbocycles. The maximum atomic E-state index is 11.9. The molecule has 2 aromatic rings. The van der Waals surface area contributed by atoms with E-state index in [0.717, 1.165) is 22.9 Å². The minimum absolute atomic E-state index is 0.263. The molecule has 2 rings (SSSR count). The van der Waals surface area contributed by atoms with Gasteiger partial charge in [-0.2, -0.15) is 0 Å². The summed E-state index contributed by atoms with van der Waals surface area (Å²) in [4.78, 5) is 35.4. The Balaban J connectivity index is 1.69. The molecule has 0 radical (unpaired) electrons. The number of nitrogens with one attached hydrogen (secondary N) is 2. The molecule has 0 unspecified atom stereocenters. The third-order valence-corrected chi connectivity index (χ3v) is 4.62. The van der Waals surface area contributed by atoms with Gasteiger partial charge in [-0.1, -0.05) is 19.9 Å². The van der Waals surface area contributed by atoms with Gasteiger partial charge in [0.25, 0.3) is 11.8 Å². The van der Waals surface area contributed by atoms with Crippen LogP contribution in [-0.2, 0) is 20.7 Å². The van der Waals surface area contributed by atoms with Crippen molar-refractivity contribution in [2.24, 2.45) is 0 Å². The van der Waals surface area contributed by atoms with E-state index >= 15 is 0 Å². The Morgan fingerprint density at radius 3 is 2.13 bits per heavy atom. The van der Waals surface area contributed by atoms with Crippen molar-refractivity contribution >= 4 is 33.7 Å². The van der Waals surface area contributed by atoms with Crippen LogP contribution in [0.3, 0.4) is 0 Å². The number of hydrazine groups is 1. The Kier molecular flexibility index (Phi) is 9.83. The third-order valence-electron chi connectivity index (χ3n) is 4.00. The largest absolute Gasteiger partial charge is 0.484 e. The summed E-state index contributed by atoms with van der Waals surface area (Å²) in [6.45, 7) is 3.73. The molecular weight excluding hydrogens is 468 g/mol. The van der Waals surface area contributed by atoms with Gasteiger partial charge < -0.3 is 14.2 Å². The smallest absolute Gasteiger partial charge is 0.338 e. The van der Waals surface area contributed by atoms with Crippen LogP contribution < -0.4 is 20.3 Å². The first-order valence-electron chi connectivity index (χ1n) is 9.81. The molecule has 0 atom stereocenters. The summed E-state index contributed by atoms with van der Waals surface area (Å²) in [5, 5.41) is 0. The van der Waals surface area contributed by atoms with Crippen molar-refractivity contribution in [1.29, 1.82) is 0 Å². The summed E-state index contributed by atoms with van der Waals surface area (Å²) < 4.78 is 16.6. The number of benzene rings is 2. The second kappa shape index (κ2) is 12.6. The van der Waals surface area contributed by atoms with E-state index in [9.17, 15) is 14.4 Å². The lowest BCUT2D eigenvalue weighted by Gasteiger charge is -2.11. The first-order chi connectivity index (χ1) is 14.9. The molecule has 0 aliphatic heterocycles. The molecule has 9 heteroatoms. The van der Waals surface area contributed by atoms with Crippen molar-refractivity contribution in [1.82, 2.24) is 10.9 Å². The fourth-order valence-electron chi connectivity index (χ4n) is 2.35. The van der Waals surface area contributed by atoms with Gasteiger partial charge in [0.15, 0.2) is 13.2 Å². The van der Waals surface area contributed by atoms with Crippen molar-refractivity contribution in [3.05, 3.63) is 58.1 Å². The van der Waals surface area contributed by atoms with E-state index in [-0.39, 0.29) is 13.2 Å². The summed E-state index contributed by atoms with van der Waals surface area (Å²) >= 11 is 3.40. The minimum Gasteiger partial charge on any atom is -0.484 e. The van der Waals surface area contributed by atoms with Gasteiger partial charge in [-0.15, -0.1) is 0 Å². The monoisotopic (exact) mass is 492 g/mol. The fraction of sp³-hybridized carbons (Fsp3) is 0.318. The van der Waals surface area contributed by atoms with Gasteiger partial charge in [0.1, 0.15) is 11.5 Å². The van der Waals surface area contributed by atoms with Gasteiger partial charge >= 0.3 is 5.97 Å². The van der Waals surface area contributed by atoms with Crippen LogP contribution in [0.2, 0.25) is 0 Å². The van der Waals surface area contributed by atoms with Crippen molar-refractivity contribution in [3.8, 4) is 11.5 Å². The van der Waals surface area contributed by atoms with E-state index in [1.54, 1.807) is 30.3 Å². The molecule has 2 aromatic carbocycles. The normalized spacial score (nSPS) is 10.2. The molecule has 0 saturated carbocycles. The molecule has 0 aliphatic rings. The molecule has 2 amide bonds. The number of esters is 1. The molecule has 0 heterocycles. The average Bonchev–Trinajstić information content (AvgIpc) is 2.79. The second-order valence-electron chi connectivity index (χ2n) is 6.45. The Bertz CT molecular complexity index is 901. The highest BCUT2D eigenvalue weighted by atomic mass is 79.9. The number of carbonyl (C=O) groups excluding carboxylic acids is 3. The highest BCUT2D eigenvalue weighted by Gasteiger charge is 2.10. The zero-order valence-corrected chi connectivity index (χ0v) is 19.0. The Morgan fingerprint density at radius 2 is 1.55 bits per heavy atom. The molecule has 166 valence electrons. The molecule has 8 nitrogen and oxygen atoms in total. The van der Waals surface area contributed by atoms with Crippen molar-refractivity contribution in [2.45, 2.75) is 26.7 Å². The number of ether oxygens (including phenoxy) is 3. The number of amides is 2. The Labute approximate surface area is 189 Å². The molecule has 0 bridgehead atoms. The van der Waals surface area contributed by atoms with Crippen molar-refractivity contribution < 1.29 is 28.6 Å². The number of hydrogen-bond acceptors (Lipinski definition) is 6. The van der Waals surface area contributed by atoms with Crippen LogP contribution in [0.1, 0.15) is 36.2 Å². The molecule has 31 heavy (non-hydrogen) atoms. The summed E-state index contributed by atoms with van der Waals surface area (Å²) in [5.41, 5.74) is 6.04. The first-order valence-corrected chi connectivity index (χ1v) is 10.6. The molecule has 0 fully saturated rings. The predicted molar refractivity (Wildman–Crippen MR) is 118 cm³/mol. The lowest BCUT2D eigenvalue weighted by atomic mass is 10.2.